The highest BCUT2D eigenvalue weighted by atomic mass is 32.1. The Morgan fingerprint density at radius 3 is 2.55 bits per heavy atom. The first kappa shape index (κ1) is 15.4. The van der Waals surface area contributed by atoms with E-state index in [1.54, 1.807) is 0 Å². The van der Waals surface area contributed by atoms with Crippen LogP contribution in [0.2, 0.25) is 0 Å². The van der Waals surface area contributed by atoms with E-state index in [9.17, 15) is 4.79 Å². The van der Waals surface area contributed by atoms with Crippen molar-refractivity contribution in [2.75, 3.05) is 18.8 Å². The van der Waals surface area contributed by atoms with Crippen LogP contribution in [0.5, 0.6) is 0 Å². The Labute approximate surface area is 125 Å². The van der Waals surface area contributed by atoms with Crippen LogP contribution < -0.4 is 5.32 Å². The summed E-state index contributed by atoms with van der Waals surface area (Å²) >= 11 is 4.08. The zero-order valence-corrected chi connectivity index (χ0v) is 12.4. The van der Waals surface area contributed by atoms with E-state index < -0.39 is 12.0 Å². The first-order chi connectivity index (χ1) is 9.69. The molecule has 0 unspecified atom stereocenters. The third kappa shape index (κ3) is 4.51. The van der Waals surface area contributed by atoms with Gasteiger partial charge in [-0.3, -0.25) is 9.69 Å². The number of rotatable bonds is 6. The zero-order chi connectivity index (χ0) is 14.4. The summed E-state index contributed by atoms with van der Waals surface area (Å²) in [5.74, 6) is -0.480. The number of nitrogens with zero attached hydrogens (tertiary/aromatic N) is 1. The van der Waals surface area contributed by atoms with E-state index in [1.165, 1.54) is 5.56 Å². The molecular weight excluding hydrogens is 272 g/mol. The summed E-state index contributed by atoms with van der Waals surface area (Å²) in [6, 6.07) is 10.2. The lowest BCUT2D eigenvalue weighted by atomic mass is 10.0. The van der Waals surface area contributed by atoms with Gasteiger partial charge in [-0.25, -0.2) is 0 Å². The van der Waals surface area contributed by atoms with Gasteiger partial charge in [-0.05, 0) is 31.5 Å². The van der Waals surface area contributed by atoms with E-state index in [0.717, 1.165) is 32.5 Å². The fourth-order valence-corrected chi connectivity index (χ4v) is 2.85. The SMILES string of the molecule is O=C(O)[C@H](CS)NC1CCN(Cc2ccccc2)CC1. The molecule has 1 aliphatic rings. The van der Waals surface area contributed by atoms with E-state index >= 15 is 0 Å². The molecule has 1 aromatic carbocycles. The van der Waals surface area contributed by atoms with Gasteiger partial charge in [0.15, 0.2) is 0 Å². The summed E-state index contributed by atoms with van der Waals surface area (Å²) in [6.07, 6.45) is 1.98. The molecule has 1 saturated heterocycles. The molecule has 0 spiro atoms. The number of carboxylic acids is 1. The van der Waals surface area contributed by atoms with Crippen molar-refractivity contribution in [3.05, 3.63) is 35.9 Å². The average molecular weight is 294 g/mol. The van der Waals surface area contributed by atoms with Gasteiger partial charge in [-0.15, -0.1) is 0 Å². The minimum Gasteiger partial charge on any atom is -0.480 e. The molecule has 0 amide bonds. The van der Waals surface area contributed by atoms with Crippen molar-refractivity contribution >= 4 is 18.6 Å². The van der Waals surface area contributed by atoms with E-state index in [4.69, 9.17) is 5.11 Å². The number of likely N-dealkylation sites (tertiary alicyclic amines) is 1. The van der Waals surface area contributed by atoms with Crippen molar-refractivity contribution in [1.29, 1.82) is 0 Å². The molecule has 5 heteroatoms. The van der Waals surface area contributed by atoms with Crippen molar-refractivity contribution in [3.63, 3.8) is 0 Å². The summed E-state index contributed by atoms with van der Waals surface area (Å²) < 4.78 is 0. The molecule has 110 valence electrons. The molecule has 4 nitrogen and oxygen atoms in total. The number of benzene rings is 1. The molecule has 1 heterocycles. The Hall–Kier alpha value is -1.04. The van der Waals surface area contributed by atoms with Crippen molar-refractivity contribution < 1.29 is 9.90 Å². The summed E-state index contributed by atoms with van der Waals surface area (Å²) in [4.78, 5) is 13.4. The van der Waals surface area contributed by atoms with Crippen molar-refractivity contribution in [2.24, 2.45) is 0 Å². The molecule has 0 aliphatic carbocycles. The minimum atomic E-state index is -0.813. The van der Waals surface area contributed by atoms with Crippen LogP contribution in [0.4, 0.5) is 0 Å². The van der Waals surface area contributed by atoms with Crippen LogP contribution in [-0.4, -0.2) is 46.9 Å². The van der Waals surface area contributed by atoms with Gasteiger partial charge in [0.25, 0.3) is 0 Å². The Kier molecular flexibility index (Phi) is 5.88. The largest absolute Gasteiger partial charge is 0.480 e. The second-order valence-corrected chi connectivity index (χ2v) is 5.64. The summed E-state index contributed by atoms with van der Waals surface area (Å²) in [6.45, 7) is 2.99. The molecular formula is C15H22N2O2S. The first-order valence-corrected chi connectivity index (χ1v) is 7.68. The van der Waals surface area contributed by atoms with E-state index in [0.29, 0.717) is 5.75 Å². The van der Waals surface area contributed by atoms with E-state index in [-0.39, 0.29) is 6.04 Å². The number of hydrogen-bond donors (Lipinski definition) is 3. The summed E-state index contributed by atoms with van der Waals surface area (Å²) in [5, 5.41) is 12.2. The number of piperidine rings is 1. The fraction of sp³-hybridized carbons (Fsp3) is 0.533. The summed E-state index contributed by atoms with van der Waals surface area (Å²) in [7, 11) is 0. The van der Waals surface area contributed by atoms with Crippen LogP contribution in [0.3, 0.4) is 0 Å². The van der Waals surface area contributed by atoms with Crippen LogP contribution in [0.25, 0.3) is 0 Å². The Balaban J connectivity index is 1.76. The second kappa shape index (κ2) is 7.67. The highest BCUT2D eigenvalue weighted by molar-refractivity contribution is 7.80. The average Bonchev–Trinajstić information content (AvgIpc) is 2.47. The molecule has 2 N–H and O–H groups in total. The van der Waals surface area contributed by atoms with Crippen LogP contribution in [0.1, 0.15) is 18.4 Å². The molecule has 0 saturated carbocycles. The third-order valence-corrected chi connectivity index (χ3v) is 4.12. The van der Waals surface area contributed by atoms with Gasteiger partial charge in [0, 0.05) is 18.3 Å². The van der Waals surface area contributed by atoms with Gasteiger partial charge in [0.2, 0.25) is 0 Å². The zero-order valence-electron chi connectivity index (χ0n) is 11.5. The van der Waals surface area contributed by atoms with Gasteiger partial charge in [0.05, 0.1) is 0 Å². The van der Waals surface area contributed by atoms with Crippen LogP contribution in [-0.2, 0) is 11.3 Å². The molecule has 0 aromatic heterocycles. The van der Waals surface area contributed by atoms with Gasteiger partial charge >= 0.3 is 5.97 Å². The van der Waals surface area contributed by atoms with Crippen molar-refractivity contribution in [2.45, 2.75) is 31.5 Å². The standard InChI is InChI=1S/C15H22N2O2S/c18-15(19)14(11-20)16-13-6-8-17(9-7-13)10-12-4-2-1-3-5-12/h1-5,13-14,16,20H,6-11H2,(H,18,19)/t14-/m0/s1. The van der Waals surface area contributed by atoms with E-state index in [2.05, 4.69) is 47.1 Å². The molecule has 2 rings (SSSR count). The Morgan fingerprint density at radius 1 is 1.35 bits per heavy atom. The highest BCUT2D eigenvalue weighted by Crippen LogP contribution is 2.14. The number of nitrogens with one attached hydrogen (secondary N) is 1. The molecule has 1 aliphatic heterocycles. The maximum absolute atomic E-state index is 11.0. The third-order valence-electron chi connectivity index (χ3n) is 3.75. The number of carbonyl (C=O) groups is 1. The number of aliphatic carboxylic acids is 1. The van der Waals surface area contributed by atoms with Crippen molar-refractivity contribution in [1.82, 2.24) is 10.2 Å². The number of carboxylic acid groups (broad SMARTS) is 1. The lowest BCUT2D eigenvalue weighted by Gasteiger charge is -2.33. The van der Waals surface area contributed by atoms with Crippen LogP contribution in [0, 0.1) is 0 Å². The van der Waals surface area contributed by atoms with Gasteiger partial charge in [-0.2, -0.15) is 12.6 Å². The number of hydrogen-bond acceptors (Lipinski definition) is 4. The first-order valence-electron chi connectivity index (χ1n) is 7.05. The van der Waals surface area contributed by atoms with E-state index in [1.807, 2.05) is 6.07 Å². The minimum absolute atomic E-state index is 0.287. The predicted octanol–water partition coefficient (Wildman–Crippen LogP) is 1.62. The van der Waals surface area contributed by atoms with Gasteiger partial charge in [-0.1, -0.05) is 30.3 Å². The second-order valence-electron chi connectivity index (χ2n) is 5.28. The summed E-state index contributed by atoms with van der Waals surface area (Å²) in [5.41, 5.74) is 1.33. The van der Waals surface area contributed by atoms with Crippen LogP contribution >= 0.6 is 12.6 Å². The maximum atomic E-state index is 11.0. The normalized spacial score (nSPS) is 18.9. The maximum Gasteiger partial charge on any atom is 0.321 e. The molecule has 20 heavy (non-hydrogen) atoms. The topological polar surface area (TPSA) is 52.6 Å². The lowest BCUT2D eigenvalue weighted by Crippen LogP contribution is -2.49. The fourth-order valence-electron chi connectivity index (χ4n) is 2.59. The van der Waals surface area contributed by atoms with Gasteiger partial charge in [0.1, 0.15) is 6.04 Å². The monoisotopic (exact) mass is 294 g/mol. The highest BCUT2D eigenvalue weighted by Gasteiger charge is 2.24. The Bertz CT molecular complexity index is 419. The quantitative estimate of drug-likeness (QED) is 0.698. The van der Waals surface area contributed by atoms with Gasteiger partial charge < -0.3 is 10.4 Å². The number of thiol groups is 1. The smallest absolute Gasteiger partial charge is 0.321 e. The molecule has 1 atom stereocenters. The molecule has 0 radical (unpaired) electrons. The van der Waals surface area contributed by atoms with Crippen LogP contribution in [0.15, 0.2) is 30.3 Å². The Morgan fingerprint density at radius 2 is 2.00 bits per heavy atom. The van der Waals surface area contributed by atoms with Crippen molar-refractivity contribution in [3.8, 4) is 0 Å². The lowest BCUT2D eigenvalue weighted by molar-refractivity contribution is -0.139. The molecule has 1 aromatic rings. The molecule has 1 fully saturated rings. The molecule has 0 bridgehead atoms. The predicted molar refractivity (Wildman–Crippen MR) is 83.2 cm³/mol.